The zero-order chi connectivity index (χ0) is 29.1. The fraction of sp³-hybridized carbons (Fsp3) is 0.321. The van der Waals surface area contributed by atoms with Gasteiger partial charge in [-0.3, -0.25) is 19.4 Å². The van der Waals surface area contributed by atoms with E-state index in [9.17, 15) is 24.4 Å². The Bertz CT molecular complexity index is 1170. The Balaban J connectivity index is 2.29. The first-order valence-electron chi connectivity index (χ1n) is 12.7. The molecule has 0 saturated carbocycles. The van der Waals surface area contributed by atoms with E-state index in [4.69, 9.17) is 5.84 Å². The molecule has 0 aliphatic heterocycles. The Hall–Kier alpha value is -3.93. The molecule has 11 heteroatoms. The summed E-state index contributed by atoms with van der Waals surface area (Å²) in [6.45, 7) is 10.7. The number of amides is 3. The van der Waals surface area contributed by atoms with Crippen LogP contribution in [0.4, 0.5) is 5.69 Å². The van der Waals surface area contributed by atoms with Crippen LogP contribution in [-0.4, -0.2) is 53.4 Å². The van der Waals surface area contributed by atoms with Crippen LogP contribution >= 0.6 is 0 Å². The molecule has 0 bridgehead atoms. The van der Waals surface area contributed by atoms with E-state index in [1.54, 1.807) is 55.5 Å². The van der Waals surface area contributed by atoms with Gasteiger partial charge in [0.05, 0.1) is 17.2 Å². The van der Waals surface area contributed by atoms with Crippen LogP contribution in [0.15, 0.2) is 78.5 Å². The molecule has 0 aromatic heterocycles. The number of benzene rings is 2. The first-order chi connectivity index (χ1) is 18.4. The Morgan fingerprint density at radius 3 is 2.21 bits per heavy atom. The highest BCUT2D eigenvalue weighted by atomic mass is 16.4. The molecule has 0 aliphatic rings. The summed E-state index contributed by atoms with van der Waals surface area (Å²) in [5.74, 6) is 3.52. The first kappa shape index (κ1) is 31.3. The zero-order valence-electron chi connectivity index (χ0n) is 22.8. The average molecular weight is 535 g/mol. The second-order valence-electron chi connectivity index (χ2n) is 9.67. The van der Waals surface area contributed by atoms with Crippen LogP contribution in [0.1, 0.15) is 43.1 Å². The summed E-state index contributed by atoms with van der Waals surface area (Å²) in [5, 5.41) is 28.7. The summed E-state index contributed by atoms with van der Waals surface area (Å²) in [6.07, 6.45) is 1.61. The number of hydrogen-bond donors (Lipinski definition) is 6. The molecule has 2 aromatic rings. The fourth-order valence-corrected chi connectivity index (χ4v) is 3.81. The van der Waals surface area contributed by atoms with Crippen LogP contribution in [0.5, 0.6) is 0 Å². The highest BCUT2D eigenvalue weighted by Crippen LogP contribution is 2.18. The Labute approximate surface area is 230 Å². The number of nitrogens with two attached hydrogens (primary N) is 1. The lowest BCUT2D eigenvalue weighted by atomic mass is 9.75. The predicted octanol–water partition coefficient (Wildman–Crippen LogP) is 1.59. The second-order valence-corrected chi connectivity index (χ2v) is 9.67. The standard InChI is InChI=1S/C28H38BN5O5/c1-6-23(20(5)34(30)22-10-8-7-9-11-22)27(36)32-24(28(37)33-25(29(38)39)16-18(2)3)17-31-26(35)21-14-12-19(4)13-15-21/h6-15,18,24-25,38-39H,1,16-17,30H2,2-5H3,(H,31,35)(H,32,36)(H,33,37)/b23-20+/t24-,25-/m0/s1. The molecule has 0 saturated heterocycles. The largest absolute Gasteiger partial charge is 0.475 e. The molecule has 2 rings (SSSR count). The molecule has 2 atom stereocenters. The summed E-state index contributed by atoms with van der Waals surface area (Å²) >= 11 is 0. The van der Waals surface area contributed by atoms with Gasteiger partial charge in [0.1, 0.15) is 6.04 Å². The van der Waals surface area contributed by atoms with Gasteiger partial charge in [-0.25, -0.2) is 5.84 Å². The molecule has 7 N–H and O–H groups in total. The summed E-state index contributed by atoms with van der Waals surface area (Å²) in [4.78, 5) is 39.2. The van der Waals surface area contributed by atoms with E-state index in [0.717, 1.165) is 5.56 Å². The molecule has 2 aromatic carbocycles. The molecule has 0 heterocycles. The van der Waals surface area contributed by atoms with E-state index in [0.29, 0.717) is 16.9 Å². The minimum Gasteiger partial charge on any atom is -0.426 e. The average Bonchev–Trinajstić information content (AvgIpc) is 2.90. The SMILES string of the molecule is C=C/C(C(=O)N[C@@H](CNC(=O)c1ccc(C)cc1)C(=O)N[C@@H](CC(C)C)B(O)O)=C(/C)N(N)c1ccccc1. The Kier molecular flexibility index (Phi) is 11.9. The molecule has 0 fully saturated rings. The number of allylic oxidation sites excluding steroid dienone is 1. The van der Waals surface area contributed by atoms with Crippen molar-refractivity contribution < 1.29 is 24.4 Å². The topological polar surface area (TPSA) is 157 Å². The van der Waals surface area contributed by atoms with Crippen LogP contribution in [0.2, 0.25) is 0 Å². The smallest absolute Gasteiger partial charge is 0.426 e. The maximum Gasteiger partial charge on any atom is 0.475 e. The van der Waals surface area contributed by atoms with Crippen molar-refractivity contribution in [3.05, 3.63) is 89.6 Å². The van der Waals surface area contributed by atoms with Crippen LogP contribution < -0.4 is 26.8 Å². The van der Waals surface area contributed by atoms with Crippen molar-refractivity contribution in [3.8, 4) is 0 Å². The molecule has 208 valence electrons. The maximum atomic E-state index is 13.3. The molecule has 3 amide bonds. The van der Waals surface area contributed by atoms with Gasteiger partial charge in [0.15, 0.2) is 0 Å². The quantitative estimate of drug-likeness (QED) is 0.0748. The molecular formula is C28H38BN5O5. The number of aryl methyl sites for hydroxylation is 1. The lowest BCUT2D eigenvalue weighted by molar-refractivity contribution is -0.127. The summed E-state index contributed by atoms with van der Waals surface area (Å²) in [6, 6.07) is 14.6. The van der Waals surface area contributed by atoms with Crippen LogP contribution in [-0.2, 0) is 9.59 Å². The highest BCUT2D eigenvalue weighted by molar-refractivity contribution is 6.43. The van der Waals surface area contributed by atoms with Crippen molar-refractivity contribution in [2.24, 2.45) is 11.8 Å². The monoisotopic (exact) mass is 535 g/mol. The van der Waals surface area contributed by atoms with E-state index < -0.39 is 36.8 Å². The third kappa shape index (κ3) is 9.40. The molecule has 39 heavy (non-hydrogen) atoms. The normalized spacial score (nSPS) is 13.0. The molecule has 0 unspecified atom stereocenters. The van der Waals surface area contributed by atoms with Gasteiger partial charge in [-0.2, -0.15) is 0 Å². The van der Waals surface area contributed by atoms with Gasteiger partial charge in [-0.15, -0.1) is 0 Å². The number of carbonyl (C=O) groups is 3. The van der Waals surface area contributed by atoms with E-state index in [-0.39, 0.29) is 24.5 Å². The number of para-hydroxylation sites is 1. The Morgan fingerprint density at radius 1 is 1.05 bits per heavy atom. The molecule has 10 nitrogen and oxygen atoms in total. The second kappa shape index (κ2) is 14.9. The molecule has 0 aliphatic carbocycles. The number of nitrogens with one attached hydrogen (secondary N) is 3. The van der Waals surface area contributed by atoms with Crippen molar-refractivity contribution in [3.63, 3.8) is 0 Å². The number of hydrogen-bond acceptors (Lipinski definition) is 7. The van der Waals surface area contributed by atoms with E-state index >= 15 is 0 Å². The van der Waals surface area contributed by atoms with Crippen LogP contribution in [0, 0.1) is 12.8 Å². The van der Waals surface area contributed by atoms with E-state index in [1.165, 1.54) is 11.1 Å². The summed E-state index contributed by atoms with van der Waals surface area (Å²) in [7, 11) is -1.81. The highest BCUT2D eigenvalue weighted by Gasteiger charge is 2.31. The van der Waals surface area contributed by atoms with Crippen molar-refractivity contribution >= 4 is 30.5 Å². The molecule has 0 radical (unpaired) electrons. The molecular weight excluding hydrogens is 497 g/mol. The molecule has 0 spiro atoms. The first-order valence-corrected chi connectivity index (χ1v) is 12.7. The predicted molar refractivity (Wildman–Crippen MR) is 153 cm³/mol. The number of anilines is 1. The van der Waals surface area contributed by atoms with Gasteiger partial charge >= 0.3 is 7.12 Å². The lowest BCUT2D eigenvalue weighted by Crippen LogP contribution is -2.57. The van der Waals surface area contributed by atoms with Crippen molar-refractivity contribution in [1.82, 2.24) is 16.0 Å². The minimum atomic E-state index is -1.81. The van der Waals surface area contributed by atoms with E-state index in [2.05, 4.69) is 22.5 Å². The van der Waals surface area contributed by atoms with E-state index in [1.807, 2.05) is 26.8 Å². The van der Waals surface area contributed by atoms with Crippen molar-refractivity contribution in [2.75, 3.05) is 11.6 Å². The number of rotatable bonds is 13. The van der Waals surface area contributed by atoms with Gasteiger partial charge in [-0.05, 0) is 50.5 Å². The number of hydrazine groups is 1. The maximum absolute atomic E-state index is 13.3. The summed E-state index contributed by atoms with van der Waals surface area (Å²) in [5.41, 5.74) is 2.50. The summed E-state index contributed by atoms with van der Waals surface area (Å²) < 4.78 is 0. The third-order valence-electron chi connectivity index (χ3n) is 6.05. The van der Waals surface area contributed by atoms with Crippen molar-refractivity contribution in [1.29, 1.82) is 0 Å². The number of nitrogens with zero attached hydrogens (tertiary/aromatic N) is 1. The zero-order valence-corrected chi connectivity index (χ0v) is 22.8. The lowest BCUT2D eigenvalue weighted by Gasteiger charge is -2.25. The van der Waals surface area contributed by atoms with Crippen LogP contribution in [0.25, 0.3) is 0 Å². The van der Waals surface area contributed by atoms with Gasteiger partial charge < -0.3 is 26.0 Å². The van der Waals surface area contributed by atoms with Crippen molar-refractivity contribution in [2.45, 2.75) is 46.1 Å². The fourth-order valence-electron chi connectivity index (χ4n) is 3.81. The van der Waals surface area contributed by atoms with Gasteiger partial charge in [0.25, 0.3) is 11.8 Å². The van der Waals surface area contributed by atoms with Gasteiger partial charge in [0, 0.05) is 17.8 Å². The minimum absolute atomic E-state index is 0.0536. The van der Waals surface area contributed by atoms with Gasteiger partial charge in [-0.1, -0.05) is 62.4 Å². The Morgan fingerprint density at radius 2 is 1.67 bits per heavy atom. The third-order valence-corrected chi connectivity index (χ3v) is 6.05. The van der Waals surface area contributed by atoms with Crippen LogP contribution in [0.3, 0.4) is 0 Å². The number of carbonyl (C=O) groups excluding carboxylic acids is 3. The van der Waals surface area contributed by atoms with Gasteiger partial charge in [0.2, 0.25) is 5.91 Å².